The van der Waals surface area contributed by atoms with E-state index >= 15 is 0 Å². The zero-order chi connectivity index (χ0) is 19.9. The third kappa shape index (κ3) is 5.34. The number of carboxylic acids is 1. The smallest absolute Gasteiger partial charge is 0.307 e. The number of carboxylic acid groups (broad SMARTS) is 1. The Morgan fingerprint density at radius 2 is 1.61 bits per heavy atom. The second kappa shape index (κ2) is 9.06. The van der Waals surface area contributed by atoms with Crippen LogP contribution in [-0.4, -0.2) is 17.0 Å². The molecule has 0 radical (unpaired) electrons. The number of hydrogen-bond donors (Lipinski definition) is 3. The normalized spacial score (nSPS) is 10.3. The fourth-order valence-corrected chi connectivity index (χ4v) is 2.90. The molecule has 0 spiro atoms. The highest BCUT2D eigenvalue weighted by Gasteiger charge is 2.13. The van der Waals surface area contributed by atoms with Crippen LogP contribution < -0.4 is 10.6 Å². The van der Waals surface area contributed by atoms with Gasteiger partial charge in [0.1, 0.15) is 0 Å². The number of nitrogens with one attached hydrogen (secondary N) is 2. The molecule has 142 valence electrons. The Morgan fingerprint density at radius 3 is 2.29 bits per heavy atom. The molecule has 0 heterocycles. The molecule has 6 heteroatoms. The van der Waals surface area contributed by atoms with Crippen LogP contribution in [0, 0.1) is 0 Å². The second-order valence-corrected chi connectivity index (χ2v) is 6.69. The van der Waals surface area contributed by atoms with E-state index in [-0.39, 0.29) is 12.3 Å². The topological polar surface area (TPSA) is 78.4 Å². The number of carbonyl (C=O) groups excluding carboxylic acids is 1. The number of anilines is 2. The van der Waals surface area contributed by atoms with Gasteiger partial charge in [-0.1, -0.05) is 54.1 Å². The van der Waals surface area contributed by atoms with Crippen LogP contribution in [0.2, 0.25) is 5.02 Å². The van der Waals surface area contributed by atoms with Gasteiger partial charge in [0.25, 0.3) is 5.91 Å². The van der Waals surface area contributed by atoms with E-state index in [9.17, 15) is 9.59 Å². The molecule has 3 N–H and O–H groups in total. The fraction of sp³-hybridized carbons (Fsp3) is 0.0909. The van der Waals surface area contributed by atoms with E-state index in [4.69, 9.17) is 16.7 Å². The maximum atomic E-state index is 12.8. The largest absolute Gasteiger partial charge is 0.481 e. The van der Waals surface area contributed by atoms with E-state index in [1.54, 1.807) is 42.5 Å². The minimum atomic E-state index is -0.898. The standard InChI is InChI=1S/C22H19ClN2O3/c23-17-8-11-20(24-14-16-4-2-1-3-5-16)19(13-17)22(28)25-18-9-6-15(7-10-18)12-21(26)27/h1-11,13,24H,12,14H2,(H,25,28)(H,26,27). The van der Waals surface area contributed by atoms with Crippen LogP contribution in [0.5, 0.6) is 0 Å². The third-order valence-corrected chi connectivity index (χ3v) is 4.35. The first-order valence-electron chi connectivity index (χ1n) is 8.71. The monoisotopic (exact) mass is 394 g/mol. The molecule has 28 heavy (non-hydrogen) atoms. The molecule has 0 unspecified atom stereocenters. The molecule has 1 amide bonds. The Bertz CT molecular complexity index is 973. The van der Waals surface area contributed by atoms with E-state index < -0.39 is 5.97 Å². The maximum Gasteiger partial charge on any atom is 0.307 e. The van der Waals surface area contributed by atoms with E-state index in [0.717, 1.165) is 5.56 Å². The summed E-state index contributed by atoms with van der Waals surface area (Å²) in [5, 5.41) is 15.4. The Balaban J connectivity index is 1.73. The summed E-state index contributed by atoms with van der Waals surface area (Å²) < 4.78 is 0. The lowest BCUT2D eigenvalue weighted by Gasteiger charge is -2.13. The van der Waals surface area contributed by atoms with Crippen LogP contribution in [0.25, 0.3) is 0 Å². The first-order valence-corrected chi connectivity index (χ1v) is 9.08. The Hall–Kier alpha value is -3.31. The fourth-order valence-electron chi connectivity index (χ4n) is 2.73. The number of carbonyl (C=O) groups is 2. The van der Waals surface area contributed by atoms with Gasteiger partial charge >= 0.3 is 5.97 Å². The summed E-state index contributed by atoms with van der Waals surface area (Å²) in [4.78, 5) is 23.5. The first kappa shape index (κ1) is 19.5. The van der Waals surface area contributed by atoms with Crippen molar-refractivity contribution in [1.82, 2.24) is 0 Å². The third-order valence-electron chi connectivity index (χ3n) is 4.12. The Kier molecular flexibility index (Phi) is 6.29. The number of aliphatic carboxylic acids is 1. The van der Waals surface area contributed by atoms with Crippen molar-refractivity contribution in [2.75, 3.05) is 10.6 Å². The lowest BCUT2D eigenvalue weighted by Crippen LogP contribution is -2.15. The molecule has 3 aromatic carbocycles. The van der Waals surface area contributed by atoms with Gasteiger partial charge in [-0.05, 0) is 41.5 Å². The average molecular weight is 395 g/mol. The Labute approximate surface area is 168 Å². The SMILES string of the molecule is O=C(O)Cc1ccc(NC(=O)c2cc(Cl)ccc2NCc2ccccc2)cc1. The highest BCUT2D eigenvalue weighted by molar-refractivity contribution is 6.31. The summed E-state index contributed by atoms with van der Waals surface area (Å²) in [6, 6.07) is 21.7. The number of amides is 1. The second-order valence-electron chi connectivity index (χ2n) is 6.25. The molecule has 0 fully saturated rings. The predicted octanol–water partition coefficient (Wildman–Crippen LogP) is 4.83. The van der Waals surface area contributed by atoms with E-state index in [1.807, 2.05) is 30.3 Å². The van der Waals surface area contributed by atoms with Crippen LogP contribution in [0.15, 0.2) is 72.8 Å². The molecule has 0 bridgehead atoms. The highest BCUT2D eigenvalue weighted by Crippen LogP contribution is 2.23. The molecule has 3 aromatic rings. The quantitative estimate of drug-likeness (QED) is 0.536. The summed E-state index contributed by atoms with van der Waals surface area (Å²) in [7, 11) is 0. The van der Waals surface area contributed by atoms with Crippen molar-refractivity contribution < 1.29 is 14.7 Å². The van der Waals surface area contributed by atoms with Gasteiger partial charge in [-0.2, -0.15) is 0 Å². The zero-order valence-electron chi connectivity index (χ0n) is 15.0. The number of hydrogen-bond acceptors (Lipinski definition) is 3. The number of halogens is 1. The minimum Gasteiger partial charge on any atom is -0.481 e. The highest BCUT2D eigenvalue weighted by atomic mass is 35.5. The lowest BCUT2D eigenvalue weighted by atomic mass is 10.1. The molecule has 0 aliphatic rings. The van der Waals surface area contributed by atoms with Crippen molar-refractivity contribution in [2.24, 2.45) is 0 Å². The van der Waals surface area contributed by atoms with E-state index in [2.05, 4.69) is 10.6 Å². The van der Waals surface area contributed by atoms with Gasteiger partial charge in [-0.15, -0.1) is 0 Å². The zero-order valence-corrected chi connectivity index (χ0v) is 15.7. The first-order chi connectivity index (χ1) is 13.5. The van der Waals surface area contributed by atoms with Crippen LogP contribution in [-0.2, 0) is 17.8 Å². The number of rotatable bonds is 7. The predicted molar refractivity (Wildman–Crippen MR) is 111 cm³/mol. The van der Waals surface area contributed by atoms with Gasteiger partial charge < -0.3 is 15.7 Å². The van der Waals surface area contributed by atoms with Gasteiger partial charge in [0.05, 0.1) is 12.0 Å². The van der Waals surface area contributed by atoms with Crippen molar-refractivity contribution in [3.63, 3.8) is 0 Å². The van der Waals surface area contributed by atoms with Gasteiger partial charge in [-0.25, -0.2) is 0 Å². The lowest BCUT2D eigenvalue weighted by molar-refractivity contribution is -0.136. The molecular weight excluding hydrogens is 376 g/mol. The van der Waals surface area contributed by atoms with Crippen LogP contribution >= 0.6 is 11.6 Å². The van der Waals surface area contributed by atoms with Crippen LogP contribution in [0.4, 0.5) is 11.4 Å². The average Bonchev–Trinajstić information content (AvgIpc) is 2.69. The Morgan fingerprint density at radius 1 is 0.893 bits per heavy atom. The van der Waals surface area contributed by atoms with Gasteiger partial charge in [-0.3, -0.25) is 9.59 Å². The molecule has 0 aromatic heterocycles. The number of benzene rings is 3. The summed E-state index contributed by atoms with van der Waals surface area (Å²) in [6.45, 7) is 0.576. The van der Waals surface area contributed by atoms with E-state index in [1.165, 1.54) is 0 Å². The van der Waals surface area contributed by atoms with Gasteiger partial charge in [0.15, 0.2) is 0 Å². The maximum absolute atomic E-state index is 12.8. The van der Waals surface area contributed by atoms with Crippen LogP contribution in [0.1, 0.15) is 21.5 Å². The van der Waals surface area contributed by atoms with Gasteiger partial charge in [0, 0.05) is 22.9 Å². The van der Waals surface area contributed by atoms with Gasteiger partial charge in [0.2, 0.25) is 0 Å². The molecular formula is C22H19ClN2O3. The minimum absolute atomic E-state index is 0.0595. The molecule has 0 aliphatic carbocycles. The van der Waals surface area contributed by atoms with Crippen LogP contribution in [0.3, 0.4) is 0 Å². The molecule has 0 saturated carbocycles. The molecule has 3 rings (SSSR count). The summed E-state index contributed by atoms with van der Waals surface area (Å²) in [5.74, 6) is -1.20. The summed E-state index contributed by atoms with van der Waals surface area (Å²) in [5.41, 5.74) is 3.44. The summed E-state index contributed by atoms with van der Waals surface area (Å²) in [6.07, 6.45) is -0.0595. The molecule has 0 aliphatic heterocycles. The van der Waals surface area contributed by atoms with Crippen molar-refractivity contribution in [3.05, 3.63) is 94.5 Å². The molecule has 0 saturated heterocycles. The van der Waals surface area contributed by atoms with Crippen molar-refractivity contribution in [1.29, 1.82) is 0 Å². The molecule has 5 nitrogen and oxygen atoms in total. The van der Waals surface area contributed by atoms with Crippen molar-refractivity contribution in [3.8, 4) is 0 Å². The van der Waals surface area contributed by atoms with Crippen molar-refractivity contribution >= 4 is 34.9 Å². The van der Waals surface area contributed by atoms with Crippen molar-refractivity contribution in [2.45, 2.75) is 13.0 Å². The summed E-state index contributed by atoms with van der Waals surface area (Å²) >= 11 is 6.09. The van der Waals surface area contributed by atoms with E-state index in [0.29, 0.717) is 34.1 Å². The molecule has 0 atom stereocenters.